The predicted octanol–water partition coefficient (Wildman–Crippen LogP) is 5.25. The van der Waals surface area contributed by atoms with E-state index in [1.54, 1.807) is 80.8 Å². The highest BCUT2D eigenvalue weighted by molar-refractivity contribution is 9.10. The molecule has 0 aliphatic heterocycles. The highest BCUT2D eigenvalue weighted by atomic mass is 79.9. The van der Waals surface area contributed by atoms with E-state index in [2.05, 4.69) is 26.5 Å². The van der Waals surface area contributed by atoms with Crippen LogP contribution in [-0.2, 0) is 4.79 Å². The number of ether oxygens (including phenoxy) is 3. The van der Waals surface area contributed by atoms with Gasteiger partial charge in [-0.3, -0.25) is 4.79 Å². The lowest BCUT2D eigenvalue weighted by Gasteiger charge is -2.13. The highest BCUT2D eigenvalue weighted by Crippen LogP contribution is 2.23. The van der Waals surface area contributed by atoms with Gasteiger partial charge in [0.15, 0.2) is 6.10 Å². The number of nitrogens with zero attached hydrogens (tertiary/aromatic N) is 1. The molecule has 7 nitrogen and oxygen atoms in total. The van der Waals surface area contributed by atoms with Crippen molar-refractivity contribution in [3.05, 3.63) is 87.4 Å². The van der Waals surface area contributed by atoms with Crippen LogP contribution in [0.4, 0.5) is 0 Å². The number of hydrogen-bond acceptors (Lipinski definition) is 6. The fourth-order valence-electron chi connectivity index (χ4n) is 2.65. The molecule has 0 aliphatic rings. The van der Waals surface area contributed by atoms with Crippen molar-refractivity contribution in [2.75, 3.05) is 7.11 Å². The summed E-state index contributed by atoms with van der Waals surface area (Å²) in [6.45, 7) is 1.59. The van der Waals surface area contributed by atoms with E-state index in [0.717, 1.165) is 4.47 Å². The number of carbonyl (C=O) groups excluding carboxylic acids is 2. The topological polar surface area (TPSA) is 86.2 Å². The average Bonchev–Trinajstić information content (AvgIpc) is 2.80. The first-order valence-electron chi connectivity index (χ1n) is 9.76. The summed E-state index contributed by atoms with van der Waals surface area (Å²) >= 11 is 9.30. The molecular weight excluding hydrogens is 512 g/mol. The minimum Gasteiger partial charge on any atom is -0.497 e. The maximum absolute atomic E-state index is 12.5. The van der Waals surface area contributed by atoms with Crippen molar-refractivity contribution in [2.45, 2.75) is 13.0 Å². The van der Waals surface area contributed by atoms with Crippen molar-refractivity contribution < 1.29 is 23.8 Å². The SMILES string of the molecule is COc1ccc(C(=O)Oc2ccc(Br)cc2/C=N\NC(=O)[C@@H](C)Oc2cccc(Cl)c2)cc1. The van der Waals surface area contributed by atoms with Gasteiger partial charge in [-0.2, -0.15) is 5.10 Å². The van der Waals surface area contributed by atoms with Gasteiger partial charge in [0.1, 0.15) is 17.2 Å². The first-order valence-corrected chi connectivity index (χ1v) is 10.9. The second-order valence-corrected chi connectivity index (χ2v) is 8.10. The van der Waals surface area contributed by atoms with Crippen molar-refractivity contribution in [2.24, 2.45) is 5.10 Å². The standard InChI is InChI=1S/C24H20BrClN2O5/c1-15(32-21-5-3-4-19(26)13-21)23(29)28-27-14-17-12-18(25)8-11-22(17)33-24(30)16-6-9-20(31-2)10-7-16/h3-15H,1-2H3,(H,28,29)/b27-14-/t15-/m1/s1. The summed E-state index contributed by atoms with van der Waals surface area (Å²) in [7, 11) is 1.55. The molecule has 0 heterocycles. The quantitative estimate of drug-likeness (QED) is 0.186. The molecule has 9 heteroatoms. The van der Waals surface area contributed by atoms with Crippen LogP contribution in [0.15, 0.2) is 76.3 Å². The molecule has 3 aromatic carbocycles. The van der Waals surface area contributed by atoms with Crippen LogP contribution < -0.4 is 19.6 Å². The Labute approximate surface area is 204 Å². The molecule has 0 aliphatic carbocycles. The number of carbonyl (C=O) groups is 2. The van der Waals surface area contributed by atoms with E-state index in [-0.39, 0.29) is 5.75 Å². The number of methoxy groups -OCH3 is 1. The van der Waals surface area contributed by atoms with E-state index in [4.69, 9.17) is 25.8 Å². The van der Waals surface area contributed by atoms with E-state index in [9.17, 15) is 9.59 Å². The van der Waals surface area contributed by atoms with Crippen molar-refractivity contribution in [1.29, 1.82) is 0 Å². The predicted molar refractivity (Wildman–Crippen MR) is 129 cm³/mol. The Hall–Kier alpha value is -3.36. The highest BCUT2D eigenvalue weighted by Gasteiger charge is 2.15. The zero-order valence-corrected chi connectivity index (χ0v) is 20.1. The summed E-state index contributed by atoms with van der Waals surface area (Å²) in [5.41, 5.74) is 3.26. The number of nitrogens with one attached hydrogen (secondary N) is 1. The maximum atomic E-state index is 12.5. The fourth-order valence-corrected chi connectivity index (χ4v) is 3.21. The number of hydrogen-bond donors (Lipinski definition) is 1. The number of amides is 1. The van der Waals surface area contributed by atoms with Crippen LogP contribution in [-0.4, -0.2) is 31.3 Å². The molecule has 0 spiro atoms. The van der Waals surface area contributed by atoms with Crippen molar-refractivity contribution in [3.8, 4) is 17.2 Å². The molecule has 3 aromatic rings. The lowest BCUT2D eigenvalue weighted by atomic mass is 10.2. The third kappa shape index (κ3) is 7.06. The van der Waals surface area contributed by atoms with Gasteiger partial charge in [-0.15, -0.1) is 0 Å². The minimum atomic E-state index is -0.810. The Bertz CT molecular complexity index is 1170. The van der Waals surface area contributed by atoms with Crippen molar-refractivity contribution in [3.63, 3.8) is 0 Å². The van der Waals surface area contributed by atoms with E-state index in [1.807, 2.05) is 0 Å². The average molecular weight is 532 g/mol. The summed E-state index contributed by atoms with van der Waals surface area (Å²) in [5, 5.41) is 4.47. The van der Waals surface area contributed by atoms with E-state index in [0.29, 0.717) is 27.6 Å². The molecule has 1 amide bonds. The Morgan fingerprint density at radius 1 is 1.06 bits per heavy atom. The Morgan fingerprint density at radius 2 is 1.82 bits per heavy atom. The van der Waals surface area contributed by atoms with Crippen LogP contribution in [0.1, 0.15) is 22.8 Å². The van der Waals surface area contributed by atoms with E-state index >= 15 is 0 Å². The number of rotatable bonds is 8. The molecule has 170 valence electrons. The maximum Gasteiger partial charge on any atom is 0.343 e. The van der Waals surface area contributed by atoms with Gasteiger partial charge in [0.25, 0.3) is 5.91 Å². The molecule has 0 saturated carbocycles. The Kier molecular flexibility index (Phi) is 8.46. The lowest BCUT2D eigenvalue weighted by molar-refractivity contribution is -0.127. The molecule has 0 bridgehead atoms. The first kappa shape index (κ1) is 24.3. The zero-order valence-electron chi connectivity index (χ0n) is 17.7. The molecule has 0 fully saturated rings. The molecule has 0 radical (unpaired) electrons. The van der Waals surface area contributed by atoms with Crippen LogP contribution >= 0.6 is 27.5 Å². The summed E-state index contributed by atoms with van der Waals surface area (Å²) in [6.07, 6.45) is 0.571. The van der Waals surface area contributed by atoms with E-state index in [1.165, 1.54) is 6.21 Å². The van der Waals surface area contributed by atoms with Gasteiger partial charge in [-0.05, 0) is 67.6 Å². The molecule has 33 heavy (non-hydrogen) atoms. The van der Waals surface area contributed by atoms with Gasteiger partial charge in [0, 0.05) is 15.1 Å². The van der Waals surface area contributed by atoms with Crippen LogP contribution in [0.5, 0.6) is 17.2 Å². The van der Waals surface area contributed by atoms with Gasteiger partial charge in [-0.25, -0.2) is 10.2 Å². The molecule has 3 rings (SSSR count). The van der Waals surface area contributed by atoms with Crippen molar-refractivity contribution in [1.82, 2.24) is 5.43 Å². The van der Waals surface area contributed by atoms with Crippen LogP contribution in [0.25, 0.3) is 0 Å². The summed E-state index contributed by atoms with van der Waals surface area (Å²) < 4.78 is 16.9. The molecule has 1 atom stereocenters. The Balaban J connectivity index is 1.65. The third-order valence-corrected chi connectivity index (χ3v) is 5.09. The smallest absolute Gasteiger partial charge is 0.343 e. The Morgan fingerprint density at radius 3 is 2.52 bits per heavy atom. The largest absolute Gasteiger partial charge is 0.497 e. The van der Waals surface area contributed by atoms with Gasteiger partial charge < -0.3 is 14.2 Å². The summed E-state index contributed by atoms with van der Waals surface area (Å²) in [4.78, 5) is 24.8. The summed E-state index contributed by atoms with van der Waals surface area (Å²) in [5.74, 6) is 0.377. The summed E-state index contributed by atoms with van der Waals surface area (Å²) in [6, 6.07) is 18.4. The van der Waals surface area contributed by atoms with Crippen LogP contribution in [0.2, 0.25) is 5.02 Å². The number of halogens is 2. The van der Waals surface area contributed by atoms with Crippen LogP contribution in [0.3, 0.4) is 0 Å². The fraction of sp³-hybridized carbons (Fsp3) is 0.125. The van der Waals surface area contributed by atoms with Crippen LogP contribution in [0, 0.1) is 0 Å². The third-order valence-electron chi connectivity index (χ3n) is 4.36. The first-order chi connectivity index (χ1) is 15.9. The molecule has 1 N–H and O–H groups in total. The number of benzene rings is 3. The van der Waals surface area contributed by atoms with Gasteiger partial charge >= 0.3 is 5.97 Å². The number of hydrazone groups is 1. The second kappa shape index (κ2) is 11.5. The number of esters is 1. The molecule has 0 saturated heterocycles. The van der Waals surface area contributed by atoms with Crippen molar-refractivity contribution >= 4 is 45.6 Å². The molecule has 0 unspecified atom stereocenters. The molecular formula is C24H20BrClN2O5. The molecule has 0 aromatic heterocycles. The van der Waals surface area contributed by atoms with Gasteiger partial charge in [-0.1, -0.05) is 33.6 Å². The van der Waals surface area contributed by atoms with E-state index < -0.39 is 18.0 Å². The monoisotopic (exact) mass is 530 g/mol. The van der Waals surface area contributed by atoms with Gasteiger partial charge in [0.05, 0.1) is 18.9 Å². The normalized spacial score (nSPS) is 11.6. The minimum absolute atomic E-state index is 0.278. The lowest BCUT2D eigenvalue weighted by Crippen LogP contribution is -2.33. The second-order valence-electron chi connectivity index (χ2n) is 6.75. The van der Waals surface area contributed by atoms with Gasteiger partial charge in [0.2, 0.25) is 0 Å². The zero-order chi connectivity index (χ0) is 23.8.